The van der Waals surface area contributed by atoms with Gasteiger partial charge in [0.05, 0.1) is 12.9 Å². The molecule has 0 bridgehead atoms. The zero-order valence-electron chi connectivity index (χ0n) is 13.5. The zero-order chi connectivity index (χ0) is 17.6. The summed E-state index contributed by atoms with van der Waals surface area (Å²) in [5.74, 6) is 0.595. The van der Waals surface area contributed by atoms with Gasteiger partial charge in [0.2, 0.25) is 10.0 Å². The summed E-state index contributed by atoms with van der Waals surface area (Å²) in [5, 5.41) is 0. The smallest absolute Gasteiger partial charge is 0.232 e. The van der Waals surface area contributed by atoms with Crippen molar-refractivity contribution >= 4 is 27.6 Å². The number of hydrogen-bond acceptors (Lipinski definition) is 4. The quantitative estimate of drug-likeness (QED) is 0.617. The van der Waals surface area contributed by atoms with Crippen LogP contribution in [0.2, 0.25) is 0 Å². The second-order valence-electron chi connectivity index (χ2n) is 5.05. The Morgan fingerprint density at radius 1 is 1.08 bits per heavy atom. The first-order valence-electron chi connectivity index (χ1n) is 7.40. The third-order valence-electron chi connectivity index (χ3n) is 3.37. The SMILES string of the molecule is CCS(=O)(=O)Nc1ccc(C(=O)/C=C/c2ccc(OC)cc2)cc1. The van der Waals surface area contributed by atoms with Crippen LogP contribution in [0.25, 0.3) is 6.08 Å². The molecule has 126 valence electrons. The molecule has 0 heterocycles. The number of methoxy groups -OCH3 is 1. The molecule has 0 saturated heterocycles. The van der Waals surface area contributed by atoms with E-state index in [1.54, 1.807) is 44.4 Å². The molecule has 0 spiro atoms. The lowest BCUT2D eigenvalue weighted by atomic mass is 10.1. The van der Waals surface area contributed by atoms with Crippen LogP contribution in [0, 0.1) is 0 Å². The number of allylic oxidation sites excluding steroid dienone is 1. The van der Waals surface area contributed by atoms with Gasteiger partial charge in [-0.1, -0.05) is 18.2 Å². The van der Waals surface area contributed by atoms with Crippen molar-refractivity contribution in [2.45, 2.75) is 6.92 Å². The van der Waals surface area contributed by atoms with Gasteiger partial charge in [0, 0.05) is 11.3 Å². The Bertz CT molecular complexity index is 822. The maximum Gasteiger partial charge on any atom is 0.232 e. The van der Waals surface area contributed by atoms with Gasteiger partial charge in [-0.25, -0.2) is 8.42 Å². The Kier molecular flexibility index (Phi) is 5.76. The third-order valence-corrected chi connectivity index (χ3v) is 4.67. The molecule has 0 fully saturated rings. The first-order chi connectivity index (χ1) is 11.4. The van der Waals surface area contributed by atoms with Crippen molar-refractivity contribution in [3.63, 3.8) is 0 Å². The van der Waals surface area contributed by atoms with E-state index in [-0.39, 0.29) is 11.5 Å². The number of rotatable bonds is 7. The number of sulfonamides is 1. The van der Waals surface area contributed by atoms with Gasteiger partial charge in [-0.3, -0.25) is 9.52 Å². The van der Waals surface area contributed by atoms with Crippen LogP contribution in [0.1, 0.15) is 22.8 Å². The molecule has 0 aliphatic heterocycles. The molecule has 24 heavy (non-hydrogen) atoms. The normalized spacial score (nSPS) is 11.4. The van der Waals surface area contributed by atoms with Crippen molar-refractivity contribution in [3.05, 3.63) is 65.7 Å². The second-order valence-corrected chi connectivity index (χ2v) is 7.06. The van der Waals surface area contributed by atoms with E-state index in [9.17, 15) is 13.2 Å². The minimum absolute atomic E-state index is 0.00171. The average Bonchev–Trinajstić information content (AvgIpc) is 2.60. The van der Waals surface area contributed by atoms with E-state index in [1.807, 2.05) is 24.3 Å². The molecule has 0 aliphatic rings. The van der Waals surface area contributed by atoms with Crippen LogP contribution in [0.4, 0.5) is 5.69 Å². The van der Waals surface area contributed by atoms with Crippen molar-refractivity contribution < 1.29 is 17.9 Å². The van der Waals surface area contributed by atoms with Crippen LogP contribution >= 0.6 is 0 Å². The summed E-state index contributed by atoms with van der Waals surface area (Å²) >= 11 is 0. The number of carbonyl (C=O) groups is 1. The summed E-state index contributed by atoms with van der Waals surface area (Å²) in [7, 11) is -1.72. The maximum absolute atomic E-state index is 12.1. The van der Waals surface area contributed by atoms with Gasteiger partial charge in [0.15, 0.2) is 5.78 Å². The van der Waals surface area contributed by atoms with E-state index in [2.05, 4.69) is 4.72 Å². The van der Waals surface area contributed by atoms with E-state index < -0.39 is 10.0 Å². The van der Waals surface area contributed by atoms with E-state index in [1.165, 1.54) is 6.08 Å². The highest BCUT2D eigenvalue weighted by molar-refractivity contribution is 7.92. The van der Waals surface area contributed by atoms with Crippen molar-refractivity contribution in [2.24, 2.45) is 0 Å². The maximum atomic E-state index is 12.1. The Morgan fingerprint density at radius 3 is 2.25 bits per heavy atom. The largest absolute Gasteiger partial charge is 0.497 e. The van der Waals surface area contributed by atoms with Crippen molar-refractivity contribution in [1.82, 2.24) is 0 Å². The van der Waals surface area contributed by atoms with Crippen molar-refractivity contribution in [3.8, 4) is 5.75 Å². The summed E-state index contributed by atoms with van der Waals surface area (Å²) < 4.78 is 30.5. The Labute approximate surface area is 142 Å². The van der Waals surface area contributed by atoms with Gasteiger partial charge < -0.3 is 4.74 Å². The molecule has 0 radical (unpaired) electrons. The number of ketones is 1. The molecular weight excluding hydrogens is 326 g/mol. The Balaban J connectivity index is 2.05. The topological polar surface area (TPSA) is 72.5 Å². The molecule has 0 saturated carbocycles. The predicted octanol–water partition coefficient (Wildman–Crippen LogP) is 3.35. The van der Waals surface area contributed by atoms with Crippen LogP contribution < -0.4 is 9.46 Å². The zero-order valence-corrected chi connectivity index (χ0v) is 14.3. The van der Waals surface area contributed by atoms with Crippen LogP contribution in [0.15, 0.2) is 54.6 Å². The molecule has 6 heteroatoms. The van der Waals surface area contributed by atoms with Crippen LogP contribution in [-0.2, 0) is 10.0 Å². The number of nitrogens with one attached hydrogen (secondary N) is 1. The van der Waals surface area contributed by atoms with Gasteiger partial charge in [0.1, 0.15) is 5.75 Å². The summed E-state index contributed by atoms with van der Waals surface area (Å²) in [5.41, 5.74) is 1.81. The summed E-state index contributed by atoms with van der Waals surface area (Å²) in [6, 6.07) is 13.7. The minimum atomic E-state index is -3.32. The number of carbonyl (C=O) groups excluding carboxylic acids is 1. The number of ether oxygens (including phenoxy) is 1. The molecule has 0 atom stereocenters. The molecule has 2 aromatic carbocycles. The van der Waals surface area contributed by atoms with E-state index in [0.29, 0.717) is 11.3 Å². The summed E-state index contributed by atoms with van der Waals surface area (Å²) in [6.07, 6.45) is 3.20. The monoisotopic (exact) mass is 345 g/mol. The highest BCUT2D eigenvalue weighted by Gasteiger charge is 2.07. The second kappa shape index (κ2) is 7.79. The molecule has 0 aromatic heterocycles. The first kappa shape index (κ1) is 17.7. The molecule has 0 aliphatic carbocycles. The number of benzene rings is 2. The van der Waals surface area contributed by atoms with Gasteiger partial charge in [-0.2, -0.15) is 0 Å². The fraction of sp³-hybridized carbons (Fsp3) is 0.167. The lowest BCUT2D eigenvalue weighted by molar-refractivity contribution is 0.104. The lowest BCUT2D eigenvalue weighted by Crippen LogP contribution is -2.14. The van der Waals surface area contributed by atoms with Gasteiger partial charge in [0.25, 0.3) is 0 Å². The highest BCUT2D eigenvalue weighted by atomic mass is 32.2. The molecule has 2 aromatic rings. The number of hydrogen-bond donors (Lipinski definition) is 1. The van der Waals surface area contributed by atoms with Crippen LogP contribution in [-0.4, -0.2) is 27.1 Å². The van der Waals surface area contributed by atoms with E-state index >= 15 is 0 Å². The number of anilines is 1. The third kappa shape index (κ3) is 4.96. The molecule has 0 unspecified atom stereocenters. The summed E-state index contributed by atoms with van der Waals surface area (Å²) in [4.78, 5) is 12.1. The molecule has 1 N–H and O–H groups in total. The fourth-order valence-electron chi connectivity index (χ4n) is 1.94. The first-order valence-corrected chi connectivity index (χ1v) is 9.06. The van der Waals surface area contributed by atoms with Crippen LogP contribution in [0.5, 0.6) is 5.75 Å². The molecular formula is C18H19NO4S. The predicted molar refractivity (Wildman–Crippen MR) is 95.9 cm³/mol. The minimum Gasteiger partial charge on any atom is -0.497 e. The average molecular weight is 345 g/mol. The van der Waals surface area contributed by atoms with Crippen molar-refractivity contribution in [1.29, 1.82) is 0 Å². The summed E-state index contributed by atoms with van der Waals surface area (Å²) in [6.45, 7) is 1.56. The van der Waals surface area contributed by atoms with Crippen LogP contribution in [0.3, 0.4) is 0 Å². The Morgan fingerprint density at radius 2 is 1.71 bits per heavy atom. The van der Waals surface area contributed by atoms with Gasteiger partial charge >= 0.3 is 0 Å². The molecule has 0 amide bonds. The molecule has 5 nitrogen and oxygen atoms in total. The standard InChI is InChI=1S/C18H19NO4S/c1-3-24(21,22)19-16-9-7-15(8-10-16)18(20)13-6-14-4-11-17(23-2)12-5-14/h4-13,19H,3H2,1-2H3/b13-6+. The van der Waals surface area contributed by atoms with E-state index in [4.69, 9.17) is 4.74 Å². The molecule has 2 rings (SSSR count). The highest BCUT2D eigenvalue weighted by Crippen LogP contribution is 2.15. The van der Waals surface area contributed by atoms with Gasteiger partial charge in [-0.05, 0) is 55.0 Å². The fourth-order valence-corrected chi connectivity index (χ4v) is 2.58. The lowest BCUT2D eigenvalue weighted by Gasteiger charge is -2.06. The van der Waals surface area contributed by atoms with Gasteiger partial charge in [-0.15, -0.1) is 0 Å². The Hall–Kier alpha value is -2.60. The van der Waals surface area contributed by atoms with E-state index in [0.717, 1.165) is 11.3 Å². The van der Waals surface area contributed by atoms with Crippen molar-refractivity contribution in [2.75, 3.05) is 17.6 Å².